The van der Waals surface area contributed by atoms with E-state index in [2.05, 4.69) is 17.2 Å². The number of ketones is 1. The van der Waals surface area contributed by atoms with E-state index >= 15 is 0 Å². The Bertz CT molecular complexity index is 598. The number of H-pyrrole nitrogens is 1. The number of aromatic amines is 1. The Labute approximate surface area is 100 Å². The molecule has 0 saturated carbocycles. The summed E-state index contributed by atoms with van der Waals surface area (Å²) in [5, 5.41) is 4.65. The van der Waals surface area contributed by atoms with Crippen LogP contribution >= 0.6 is 0 Å². The molecular weight excluding hydrogens is 212 g/mol. The van der Waals surface area contributed by atoms with E-state index in [4.69, 9.17) is 0 Å². The Hall–Kier alpha value is -1.61. The third kappa shape index (κ3) is 1.58. The number of Topliss-reactive ketones (excluding diaryl/α,β-unsaturated/α-hetero) is 1. The second kappa shape index (κ2) is 3.70. The number of hydrogen-bond acceptors (Lipinski definition) is 2. The summed E-state index contributed by atoms with van der Waals surface area (Å²) in [5.74, 6) is 0.129. The number of nitrogens with one attached hydrogen (secondary N) is 2. The van der Waals surface area contributed by atoms with Gasteiger partial charge in [0, 0.05) is 28.2 Å². The van der Waals surface area contributed by atoms with Gasteiger partial charge < -0.3 is 10.3 Å². The minimum Gasteiger partial charge on any atom is -0.357 e. The molecule has 0 aliphatic carbocycles. The molecule has 0 bridgehead atoms. The Balaban J connectivity index is 2.25. The van der Waals surface area contributed by atoms with Crippen molar-refractivity contribution in [1.82, 2.24) is 10.3 Å². The quantitative estimate of drug-likeness (QED) is 0.737. The van der Waals surface area contributed by atoms with E-state index in [1.807, 2.05) is 18.2 Å². The van der Waals surface area contributed by atoms with Gasteiger partial charge in [-0.25, -0.2) is 0 Å². The highest BCUT2D eigenvalue weighted by atomic mass is 16.1. The van der Waals surface area contributed by atoms with Gasteiger partial charge in [-0.2, -0.15) is 0 Å². The first-order valence-electron chi connectivity index (χ1n) is 6.05. The standard InChI is InChI=1S/C14H16N2O/c1-8-14-11(5-6-15-8)12-7-10(9(2)17)3-4-13(12)16-14/h3-4,7-8,15-16H,5-6H2,1-2H3/t8-/m0/s1. The van der Waals surface area contributed by atoms with Crippen molar-refractivity contribution in [3.8, 4) is 0 Å². The summed E-state index contributed by atoms with van der Waals surface area (Å²) in [6.07, 6.45) is 1.03. The van der Waals surface area contributed by atoms with Crippen LogP contribution in [0.15, 0.2) is 18.2 Å². The van der Waals surface area contributed by atoms with Crippen LogP contribution in [0.5, 0.6) is 0 Å². The first-order valence-corrected chi connectivity index (χ1v) is 6.05. The Kier molecular flexibility index (Phi) is 2.30. The van der Waals surface area contributed by atoms with Crippen LogP contribution in [0.2, 0.25) is 0 Å². The van der Waals surface area contributed by atoms with E-state index in [0.29, 0.717) is 6.04 Å². The fourth-order valence-corrected chi connectivity index (χ4v) is 2.64. The SMILES string of the molecule is CC(=O)c1ccc2[nH]c3c(c2c1)CCN[C@H]3C. The molecule has 0 unspecified atom stereocenters. The maximum Gasteiger partial charge on any atom is 0.159 e. The van der Waals surface area contributed by atoms with Gasteiger partial charge in [-0.1, -0.05) is 0 Å². The molecule has 1 atom stereocenters. The van der Waals surface area contributed by atoms with Gasteiger partial charge in [0.1, 0.15) is 0 Å². The molecule has 1 aliphatic rings. The summed E-state index contributed by atoms with van der Waals surface area (Å²) in [6.45, 7) is 4.79. The number of carbonyl (C=O) groups is 1. The zero-order valence-corrected chi connectivity index (χ0v) is 10.1. The summed E-state index contributed by atoms with van der Waals surface area (Å²) >= 11 is 0. The summed E-state index contributed by atoms with van der Waals surface area (Å²) in [4.78, 5) is 14.9. The molecule has 3 nitrogen and oxygen atoms in total. The highest BCUT2D eigenvalue weighted by Crippen LogP contribution is 2.30. The fourth-order valence-electron chi connectivity index (χ4n) is 2.64. The smallest absolute Gasteiger partial charge is 0.159 e. The number of carbonyl (C=O) groups excluding carboxylic acids is 1. The average Bonchev–Trinajstić information content (AvgIpc) is 2.68. The molecule has 2 N–H and O–H groups in total. The van der Waals surface area contributed by atoms with E-state index in [9.17, 15) is 4.79 Å². The van der Waals surface area contributed by atoms with Crippen LogP contribution in [0.25, 0.3) is 10.9 Å². The van der Waals surface area contributed by atoms with Gasteiger partial charge in [-0.15, -0.1) is 0 Å². The molecule has 1 aromatic heterocycles. The normalized spacial score (nSPS) is 19.3. The summed E-state index contributed by atoms with van der Waals surface area (Å²) in [7, 11) is 0. The Morgan fingerprint density at radius 2 is 2.24 bits per heavy atom. The van der Waals surface area contributed by atoms with Crippen LogP contribution in [-0.2, 0) is 6.42 Å². The number of benzene rings is 1. The summed E-state index contributed by atoms with van der Waals surface area (Å²) in [5.41, 5.74) is 4.57. The van der Waals surface area contributed by atoms with Crippen molar-refractivity contribution in [2.75, 3.05) is 6.54 Å². The van der Waals surface area contributed by atoms with Crippen LogP contribution in [0.1, 0.15) is 41.5 Å². The van der Waals surface area contributed by atoms with Crippen LogP contribution in [0.3, 0.4) is 0 Å². The maximum atomic E-state index is 11.4. The molecule has 0 amide bonds. The highest BCUT2D eigenvalue weighted by molar-refractivity contribution is 5.99. The van der Waals surface area contributed by atoms with Crippen molar-refractivity contribution in [3.05, 3.63) is 35.0 Å². The summed E-state index contributed by atoms with van der Waals surface area (Å²) in [6, 6.07) is 6.29. The van der Waals surface area contributed by atoms with Gasteiger partial charge in [-0.05, 0) is 50.6 Å². The monoisotopic (exact) mass is 228 g/mol. The van der Waals surface area contributed by atoms with Crippen molar-refractivity contribution in [3.63, 3.8) is 0 Å². The van der Waals surface area contributed by atoms with Crippen LogP contribution in [0.4, 0.5) is 0 Å². The lowest BCUT2D eigenvalue weighted by molar-refractivity contribution is 0.101. The largest absolute Gasteiger partial charge is 0.357 e. The predicted octanol–water partition coefficient (Wildman–Crippen LogP) is 2.58. The summed E-state index contributed by atoms with van der Waals surface area (Å²) < 4.78 is 0. The second-order valence-corrected chi connectivity index (χ2v) is 4.76. The van der Waals surface area contributed by atoms with Gasteiger partial charge in [0.2, 0.25) is 0 Å². The van der Waals surface area contributed by atoms with E-state index in [0.717, 1.165) is 24.0 Å². The van der Waals surface area contributed by atoms with Crippen molar-refractivity contribution in [2.24, 2.45) is 0 Å². The lowest BCUT2D eigenvalue weighted by atomic mass is 9.99. The van der Waals surface area contributed by atoms with E-state index in [-0.39, 0.29) is 5.78 Å². The molecule has 88 valence electrons. The molecule has 0 radical (unpaired) electrons. The maximum absolute atomic E-state index is 11.4. The molecule has 0 fully saturated rings. The molecule has 1 aromatic carbocycles. The van der Waals surface area contributed by atoms with E-state index < -0.39 is 0 Å². The van der Waals surface area contributed by atoms with Crippen molar-refractivity contribution in [1.29, 1.82) is 0 Å². The zero-order chi connectivity index (χ0) is 12.0. The van der Waals surface area contributed by atoms with Crippen LogP contribution < -0.4 is 5.32 Å². The third-order valence-electron chi connectivity index (χ3n) is 3.60. The minimum absolute atomic E-state index is 0.129. The molecule has 3 heteroatoms. The van der Waals surface area contributed by atoms with Gasteiger partial charge in [-0.3, -0.25) is 4.79 Å². The molecule has 17 heavy (non-hydrogen) atoms. The third-order valence-corrected chi connectivity index (χ3v) is 3.60. The van der Waals surface area contributed by atoms with Gasteiger partial charge >= 0.3 is 0 Å². The van der Waals surface area contributed by atoms with Crippen LogP contribution in [0, 0.1) is 0 Å². The minimum atomic E-state index is 0.129. The zero-order valence-electron chi connectivity index (χ0n) is 10.1. The van der Waals surface area contributed by atoms with Crippen LogP contribution in [-0.4, -0.2) is 17.3 Å². The van der Waals surface area contributed by atoms with Gasteiger partial charge in [0.05, 0.1) is 0 Å². The van der Waals surface area contributed by atoms with E-state index in [1.165, 1.54) is 16.6 Å². The Morgan fingerprint density at radius 3 is 3.00 bits per heavy atom. The fraction of sp³-hybridized carbons (Fsp3) is 0.357. The van der Waals surface area contributed by atoms with Gasteiger partial charge in [0.15, 0.2) is 5.78 Å². The van der Waals surface area contributed by atoms with Crippen molar-refractivity contribution >= 4 is 16.7 Å². The molecule has 2 aromatic rings. The number of rotatable bonds is 1. The first-order chi connectivity index (χ1) is 8.16. The average molecular weight is 228 g/mol. The highest BCUT2D eigenvalue weighted by Gasteiger charge is 2.20. The van der Waals surface area contributed by atoms with Gasteiger partial charge in [0.25, 0.3) is 0 Å². The molecule has 2 heterocycles. The Morgan fingerprint density at radius 1 is 1.41 bits per heavy atom. The lowest BCUT2D eigenvalue weighted by Crippen LogP contribution is -2.27. The number of fused-ring (bicyclic) bond motifs is 3. The lowest BCUT2D eigenvalue weighted by Gasteiger charge is -2.20. The molecule has 0 spiro atoms. The second-order valence-electron chi connectivity index (χ2n) is 4.76. The van der Waals surface area contributed by atoms with Crippen molar-refractivity contribution in [2.45, 2.75) is 26.3 Å². The number of hydrogen-bond donors (Lipinski definition) is 2. The molecule has 0 saturated heterocycles. The first kappa shape index (κ1) is 10.5. The van der Waals surface area contributed by atoms with E-state index in [1.54, 1.807) is 6.92 Å². The number of aromatic nitrogens is 1. The topological polar surface area (TPSA) is 44.9 Å². The molecule has 1 aliphatic heterocycles. The molecular formula is C14H16N2O. The predicted molar refractivity (Wildman–Crippen MR) is 68.4 cm³/mol. The van der Waals surface area contributed by atoms with Crippen molar-refractivity contribution < 1.29 is 4.79 Å². The molecule has 3 rings (SSSR count).